The molecule has 1 aliphatic rings. The number of carboxylic acids is 1. The molecule has 0 aliphatic carbocycles. The number of carboxylic acid groups (broad SMARTS) is 1. The fraction of sp³-hybridized carbons (Fsp3) is 0.417. The zero-order chi connectivity index (χ0) is 16.7. The molecule has 0 saturated carbocycles. The van der Waals surface area contributed by atoms with Gasteiger partial charge in [-0.25, -0.2) is 21.6 Å². The Labute approximate surface area is 132 Å². The van der Waals surface area contributed by atoms with Gasteiger partial charge in [-0.05, 0) is 34.5 Å². The summed E-state index contributed by atoms with van der Waals surface area (Å²) in [6, 6.07) is 3.51. The van der Waals surface area contributed by atoms with Crippen molar-refractivity contribution < 1.29 is 31.5 Å². The van der Waals surface area contributed by atoms with Gasteiger partial charge in [-0.2, -0.15) is 4.31 Å². The lowest BCUT2D eigenvalue weighted by atomic mass is 9.94. The van der Waals surface area contributed by atoms with E-state index in [2.05, 4.69) is 15.9 Å². The summed E-state index contributed by atoms with van der Waals surface area (Å²) in [4.78, 5) is 10.1. The standard InChI is InChI=1S/C12H11BrF3NO4S/c13-8-2-1-3-9(10(8)14)22(20,21)17-5-4-7(11(18)19)12(15,16)6-17/h1-3,7H,4-6H2,(H,18,19). The molecule has 1 atom stereocenters. The fourth-order valence-corrected chi connectivity index (χ4v) is 4.29. The van der Waals surface area contributed by atoms with Gasteiger partial charge in [0.1, 0.15) is 10.8 Å². The summed E-state index contributed by atoms with van der Waals surface area (Å²) in [5.74, 6) is -8.44. The number of aliphatic carboxylic acids is 1. The quantitative estimate of drug-likeness (QED) is 0.843. The molecule has 122 valence electrons. The first-order chi connectivity index (χ1) is 10.1. The van der Waals surface area contributed by atoms with Crippen molar-refractivity contribution in [3.05, 3.63) is 28.5 Å². The van der Waals surface area contributed by atoms with Gasteiger partial charge < -0.3 is 5.11 Å². The van der Waals surface area contributed by atoms with Crippen LogP contribution >= 0.6 is 15.9 Å². The molecule has 1 N–H and O–H groups in total. The van der Waals surface area contributed by atoms with Gasteiger partial charge in [-0.15, -0.1) is 0 Å². The first-order valence-corrected chi connectivity index (χ1v) is 8.35. The summed E-state index contributed by atoms with van der Waals surface area (Å²) in [7, 11) is -4.48. The van der Waals surface area contributed by atoms with Crippen molar-refractivity contribution in [1.82, 2.24) is 4.31 Å². The molecule has 5 nitrogen and oxygen atoms in total. The van der Waals surface area contributed by atoms with Gasteiger partial charge >= 0.3 is 5.97 Å². The molecule has 1 aliphatic heterocycles. The Hall–Kier alpha value is -1.13. The molecule has 1 fully saturated rings. The van der Waals surface area contributed by atoms with Crippen molar-refractivity contribution in [1.29, 1.82) is 0 Å². The van der Waals surface area contributed by atoms with Crippen molar-refractivity contribution in [2.45, 2.75) is 17.2 Å². The minimum absolute atomic E-state index is 0.110. The van der Waals surface area contributed by atoms with E-state index in [4.69, 9.17) is 5.11 Å². The summed E-state index contributed by atoms with van der Waals surface area (Å²) in [6.07, 6.45) is -0.544. The SMILES string of the molecule is O=C(O)C1CCN(S(=O)(=O)c2cccc(Br)c2F)CC1(F)F. The first kappa shape index (κ1) is 17.2. The fourth-order valence-electron chi connectivity index (χ4n) is 2.24. The van der Waals surface area contributed by atoms with Gasteiger partial charge in [0.2, 0.25) is 10.0 Å². The number of carbonyl (C=O) groups is 1. The average molecular weight is 402 g/mol. The van der Waals surface area contributed by atoms with Gasteiger partial charge in [0.15, 0.2) is 5.82 Å². The second-order valence-corrected chi connectivity index (χ2v) is 7.59. The van der Waals surface area contributed by atoms with Gasteiger partial charge in [0, 0.05) is 6.54 Å². The Balaban J connectivity index is 2.36. The highest BCUT2D eigenvalue weighted by atomic mass is 79.9. The smallest absolute Gasteiger partial charge is 0.312 e. The van der Waals surface area contributed by atoms with E-state index >= 15 is 0 Å². The first-order valence-electron chi connectivity index (χ1n) is 6.12. The molecule has 0 aromatic heterocycles. The number of piperidine rings is 1. The predicted molar refractivity (Wildman–Crippen MR) is 73.5 cm³/mol. The van der Waals surface area contributed by atoms with Crippen LogP contribution in [0.25, 0.3) is 0 Å². The molecular formula is C12H11BrF3NO4S. The summed E-state index contributed by atoms with van der Waals surface area (Å²) >= 11 is 2.83. The molecular weight excluding hydrogens is 391 g/mol. The Morgan fingerprint density at radius 2 is 2.05 bits per heavy atom. The summed E-state index contributed by atoms with van der Waals surface area (Å²) < 4.78 is 66.4. The number of hydrogen-bond acceptors (Lipinski definition) is 3. The monoisotopic (exact) mass is 401 g/mol. The third-order valence-electron chi connectivity index (χ3n) is 3.40. The molecule has 0 radical (unpaired) electrons. The lowest BCUT2D eigenvalue weighted by Crippen LogP contribution is -2.52. The molecule has 10 heteroatoms. The maximum absolute atomic E-state index is 13.9. The van der Waals surface area contributed by atoms with Crippen LogP contribution in [-0.2, 0) is 14.8 Å². The van der Waals surface area contributed by atoms with Crippen LogP contribution in [0, 0.1) is 11.7 Å². The van der Waals surface area contributed by atoms with E-state index in [1.54, 1.807) is 0 Å². The number of nitrogens with zero attached hydrogens (tertiary/aromatic N) is 1. The summed E-state index contributed by atoms with van der Waals surface area (Å²) in [6.45, 7) is -1.71. The normalized spacial score (nSPS) is 22.5. The van der Waals surface area contributed by atoms with Crippen molar-refractivity contribution in [2.24, 2.45) is 5.92 Å². The molecule has 1 aromatic rings. The van der Waals surface area contributed by atoms with Crippen LogP contribution in [0.3, 0.4) is 0 Å². The largest absolute Gasteiger partial charge is 0.481 e. The minimum atomic E-state index is -4.48. The lowest BCUT2D eigenvalue weighted by Gasteiger charge is -2.35. The Kier molecular flexibility index (Phi) is 4.56. The zero-order valence-electron chi connectivity index (χ0n) is 11.0. The van der Waals surface area contributed by atoms with Crippen molar-refractivity contribution in [3.63, 3.8) is 0 Å². The van der Waals surface area contributed by atoms with E-state index in [1.807, 2.05) is 0 Å². The van der Waals surface area contributed by atoms with E-state index in [0.29, 0.717) is 4.31 Å². The van der Waals surface area contributed by atoms with Crippen LogP contribution in [0.2, 0.25) is 0 Å². The van der Waals surface area contributed by atoms with E-state index in [1.165, 1.54) is 12.1 Å². The molecule has 2 rings (SSSR count). The molecule has 22 heavy (non-hydrogen) atoms. The third kappa shape index (κ3) is 2.99. The highest BCUT2D eigenvalue weighted by Crippen LogP contribution is 2.36. The molecule has 0 spiro atoms. The van der Waals surface area contributed by atoms with Crippen molar-refractivity contribution in [2.75, 3.05) is 13.1 Å². The second-order valence-electron chi connectivity index (χ2n) is 4.83. The van der Waals surface area contributed by atoms with E-state index in [0.717, 1.165) is 6.07 Å². The number of halogens is 4. The Morgan fingerprint density at radius 3 is 2.59 bits per heavy atom. The highest BCUT2D eigenvalue weighted by Gasteiger charge is 2.51. The van der Waals surface area contributed by atoms with Gasteiger partial charge in [0.05, 0.1) is 11.0 Å². The van der Waals surface area contributed by atoms with E-state index < -0.39 is 58.1 Å². The second kappa shape index (κ2) is 5.82. The molecule has 1 heterocycles. The Bertz CT molecular complexity index is 710. The maximum Gasteiger partial charge on any atom is 0.312 e. The Morgan fingerprint density at radius 1 is 1.41 bits per heavy atom. The van der Waals surface area contributed by atoms with Gasteiger partial charge in [-0.3, -0.25) is 4.79 Å². The minimum Gasteiger partial charge on any atom is -0.481 e. The van der Waals surface area contributed by atoms with E-state index in [9.17, 15) is 26.4 Å². The number of rotatable bonds is 3. The van der Waals surface area contributed by atoms with Crippen LogP contribution in [-0.4, -0.2) is 42.8 Å². The van der Waals surface area contributed by atoms with Crippen LogP contribution in [0.5, 0.6) is 0 Å². The number of alkyl halides is 2. The van der Waals surface area contributed by atoms with Crippen molar-refractivity contribution >= 4 is 31.9 Å². The number of hydrogen-bond donors (Lipinski definition) is 1. The summed E-state index contributed by atoms with van der Waals surface area (Å²) in [5.41, 5.74) is 0. The van der Waals surface area contributed by atoms with Crippen LogP contribution in [0.15, 0.2) is 27.6 Å². The maximum atomic E-state index is 13.9. The summed E-state index contributed by atoms with van der Waals surface area (Å²) in [5, 5.41) is 8.75. The average Bonchev–Trinajstić information content (AvgIpc) is 2.39. The lowest BCUT2D eigenvalue weighted by molar-refractivity contribution is -0.163. The van der Waals surface area contributed by atoms with Crippen LogP contribution in [0.4, 0.5) is 13.2 Å². The van der Waals surface area contributed by atoms with Gasteiger partial charge in [-0.1, -0.05) is 6.07 Å². The molecule has 1 unspecified atom stereocenters. The topological polar surface area (TPSA) is 74.7 Å². The zero-order valence-corrected chi connectivity index (χ0v) is 13.4. The third-order valence-corrected chi connectivity index (χ3v) is 5.87. The molecule has 0 bridgehead atoms. The number of benzene rings is 1. The van der Waals surface area contributed by atoms with Gasteiger partial charge in [0.25, 0.3) is 5.92 Å². The highest BCUT2D eigenvalue weighted by molar-refractivity contribution is 9.10. The van der Waals surface area contributed by atoms with E-state index in [-0.39, 0.29) is 4.47 Å². The van der Waals surface area contributed by atoms with Crippen molar-refractivity contribution in [3.8, 4) is 0 Å². The molecule has 0 amide bonds. The van der Waals surface area contributed by atoms with Crippen LogP contribution < -0.4 is 0 Å². The van der Waals surface area contributed by atoms with Crippen LogP contribution in [0.1, 0.15) is 6.42 Å². The molecule has 1 saturated heterocycles. The number of sulfonamides is 1. The molecule has 1 aromatic carbocycles. The predicted octanol–water partition coefficient (Wildman–Crippen LogP) is 2.32.